The zero-order valence-corrected chi connectivity index (χ0v) is 7.73. The van der Waals surface area contributed by atoms with Gasteiger partial charge in [0.25, 0.3) is 0 Å². The highest BCUT2D eigenvalue weighted by Crippen LogP contribution is 2.04. The highest BCUT2D eigenvalue weighted by atomic mass is 15.3. The summed E-state index contributed by atoms with van der Waals surface area (Å²) in [6.07, 6.45) is 8.65. The standard InChI is InChI=1S/C6H11N2.C2HN3/c1-3-8(2)5-4-7-6-8;3-1-5-2-4/h4-6H,3H2,1-2H3;5H/q+1;. The maximum Gasteiger partial charge on any atom is 0.194 e. The first kappa shape index (κ1) is 11.2. The van der Waals surface area contributed by atoms with Gasteiger partial charge in [-0.25, -0.2) is 10.3 Å². The third kappa shape index (κ3) is 4.57. The van der Waals surface area contributed by atoms with E-state index in [1.165, 1.54) is 12.4 Å². The quantitative estimate of drug-likeness (QED) is 0.361. The molecule has 1 heterocycles. The summed E-state index contributed by atoms with van der Waals surface area (Å²) in [4.78, 5) is 3.97. The molecule has 1 unspecified atom stereocenters. The summed E-state index contributed by atoms with van der Waals surface area (Å²) in [5, 5.41) is 16.7. The largest absolute Gasteiger partial charge is 0.256 e. The molecule has 0 aromatic rings. The number of nitrogens with one attached hydrogen (secondary N) is 1. The molecule has 0 saturated heterocycles. The predicted molar refractivity (Wildman–Crippen MR) is 48.7 cm³/mol. The van der Waals surface area contributed by atoms with Crippen molar-refractivity contribution in [1.82, 2.24) is 5.32 Å². The molecule has 1 aliphatic rings. The third-order valence-electron chi connectivity index (χ3n) is 1.62. The van der Waals surface area contributed by atoms with E-state index in [9.17, 15) is 0 Å². The van der Waals surface area contributed by atoms with Crippen LogP contribution in [0.3, 0.4) is 0 Å². The van der Waals surface area contributed by atoms with Gasteiger partial charge in [-0.15, -0.1) is 0 Å². The van der Waals surface area contributed by atoms with Crippen LogP contribution in [0.25, 0.3) is 0 Å². The fourth-order valence-corrected chi connectivity index (χ4v) is 0.632. The lowest BCUT2D eigenvalue weighted by Crippen LogP contribution is -2.33. The van der Waals surface area contributed by atoms with Crippen LogP contribution in [0.1, 0.15) is 6.92 Å². The van der Waals surface area contributed by atoms with E-state index >= 15 is 0 Å². The summed E-state index contributed by atoms with van der Waals surface area (Å²) < 4.78 is 0.847. The minimum absolute atomic E-state index is 0.847. The van der Waals surface area contributed by atoms with Gasteiger partial charge in [0.2, 0.25) is 0 Å². The molecule has 1 rings (SSSR count). The van der Waals surface area contributed by atoms with E-state index < -0.39 is 0 Å². The normalized spacial score (nSPS) is 22.5. The Bertz CT molecular complexity index is 254. The Kier molecular flexibility index (Phi) is 4.94. The Balaban J connectivity index is 0.000000252. The van der Waals surface area contributed by atoms with Crippen molar-refractivity contribution in [3.05, 3.63) is 12.4 Å². The van der Waals surface area contributed by atoms with Gasteiger partial charge in [-0.05, 0) is 6.92 Å². The van der Waals surface area contributed by atoms with Crippen LogP contribution in [0.2, 0.25) is 0 Å². The molecule has 0 aromatic heterocycles. The first-order chi connectivity index (χ1) is 6.18. The Hall–Kier alpha value is -1.85. The second-order valence-electron chi connectivity index (χ2n) is 2.57. The van der Waals surface area contributed by atoms with Crippen LogP contribution < -0.4 is 5.32 Å². The molecule has 13 heavy (non-hydrogen) atoms. The maximum atomic E-state index is 7.48. The molecule has 0 fully saturated rings. The Morgan fingerprint density at radius 2 is 2.08 bits per heavy atom. The zero-order chi connectivity index (χ0) is 10.2. The highest BCUT2D eigenvalue weighted by Gasteiger charge is 2.14. The average molecular weight is 178 g/mol. The van der Waals surface area contributed by atoms with Crippen molar-refractivity contribution >= 4 is 6.34 Å². The van der Waals surface area contributed by atoms with Crippen LogP contribution in [-0.2, 0) is 0 Å². The molecule has 0 amide bonds. The molecule has 0 aliphatic carbocycles. The molecule has 0 bridgehead atoms. The van der Waals surface area contributed by atoms with Crippen molar-refractivity contribution < 1.29 is 4.48 Å². The minimum atomic E-state index is 0.847. The summed E-state index contributed by atoms with van der Waals surface area (Å²) in [6, 6.07) is 0. The van der Waals surface area contributed by atoms with Crippen molar-refractivity contribution in [2.24, 2.45) is 4.99 Å². The maximum absolute atomic E-state index is 7.48. The van der Waals surface area contributed by atoms with Crippen LogP contribution in [-0.4, -0.2) is 24.4 Å². The Morgan fingerprint density at radius 3 is 2.23 bits per heavy atom. The fraction of sp³-hybridized carbons (Fsp3) is 0.375. The number of rotatable bonds is 1. The van der Waals surface area contributed by atoms with Crippen LogP contribution in [0, 0.1) is 22.9 Å². The number of nitriles is 2. The van der Waals surface area contributed by atoms with Gasteiger partial charge >= 0.3 is 0 Å². The molecular weight excluding hydrogens is 166 g/mol. The zero-order valence-electron chi connectivity index (χ0n) is 7.73. The molecule has 0 saturated carbocycles. The van der Waals surface area contributed by atoms with Crippen molar-refractivity contribution in [1.29, 1.82) is 10.5 Å². The molecule has 5 nitrogen and oxygen atoms in total. The molecule has 1 atom stereocenters. The summed E-state index contributed by atoms with van der Waals surface area (Å²) in [6.45, 7) is 3.22. The average Bonchev–Trinajstić information content (AvgIpc) is 2.56. The third-order valence-corrected chi connectivity index (χ3v) is 1.62. The van der Waals surface area contributed by atoms with Gasteiger partial charge in [-0.1, -0.05) is 0 Å². The lowest BCUT2D eigenvalue weighted by Gasteiger charge is -2.18. The summed E-state index contributed by atoms with van der Waals surface area (Å²) in [5.74, 6) is 0. The van der Waals surface area contributed by atoms with Crippen molar-refractivity contribution in [2.75, 3.05) is 13.6 Å². The van der Waals surface area contributed by atoms with Gasteiger partial charge in [-0.2, -0.15) is 10.5 Å². The van der Waals surface area contributed by atoms with E-state index in [0.717, 1.165) is 11.0 Å². The summed E-state index contributed by atoms with van der Waals surface area (Å²) in [7, 11) is 2.12. The van der Waals surface area contributed by atoms with Gasteiger partial charge in [-0.3, -0.25) is 4.48 Å². The molecular formula is C8H12N5+. The van der Waals surface area contributed by atoms with Crippen LogP contribution >= 0.6 is 0 Å². The number of hydrogen-bond acceptors (Lipinski definition) is 4. The lowest BCUT2D eigenvalue weighted by atomic mass is 10.5. The smallest absolute Gasteiger partial charge is 0.194 e. The fourth-order valence-electron chi connectivity index (χ4n) is 0.632. The van der Waals surface area contributed by atoms with E-state index in [-0.39, 0.29) is 0 Å². The number of hydrogen-bond donors (Lipinski definition) is 1. The number of quaternary nitrogens is 1. The van der Waals surface area contributed by atoms with Gasteiger partial charge < -0.3 is 0 Å². The monoisotopic (exact) mass is 178 g/mol. The minimum Gasteiger partial charge on any atom is -0.256 e. The second-order valence-corrected chi connectivity index (χ2v) is 2.57. The SMILES string of the molecule is CC[N+]1(C)C=CN=C1.N#CNC#N. The van der Waals surface area contributed by atoms with Crippen LogP contribution in [0.5, 0.6) is 0 Å². The van der Waals surface area contributed by atoms with Crippen LogP contribution in [0.4, 0.5) is 0 Å². The molecule has 0 aromatic carbocycles. The Morgan fingerprint density at radius 1 is 1.46 bits per heavy atom. The van der Waals surface area contributed by atoms with E-state index in [1.807, 2.05) is 12.5 Å². The van der Waals surface area contributed by atoms with Gasteiger partial charge in [0, 0.05) is 0 Å². The summed E-state index contributed by atoms with van der Waals surface area (Å²) in [5.41, 5.74) is 0. The molecule has 0 radical (unpaired) electrons. The number of nitrogens with zero attached hydrogens (tertiary/aromatic N) is 4. The molecule has 1 N–H and O–H groups in total. The van der Waals surface area contributed by atoms with E-state index in [1.54, 1.807) is 5.32 Å². The van der Waals surface area contributed by atoms with E-state index in [0.29, 0.717) is 0 Å². The van der Waals surface area contributed by atoms with Gasteiger partial charge in [0.05, 0.1) is 19.8 Å². The highest BCUT2D eigenvalue weighted by molar-refractivity contribution is 5.50. The van der Waals surface area contributed by atoms with Crippen molar-refractivity contribution in [3.8, 4) is 12.4 Å². The van der Waals surface area contributed by atoms with Crippen LogP contribution in [0.15, 0.2) is 17.4 Å². The molecule has 5 heteroatoms. The van der Waals surface area contributed by atoms with Crippen molar-refractivity contribution in [3.63, 3.8) is 0 Å². The molecule has 1 aliphatic heterocycles. The van der Waals surface area contributed by atoms with Crippen molar-refractivity contribution in [2.45, 2.75) is 6.92 Å². The molecule has 0 spiro atoms. The topological polar surface area (TPSA) is 72.0 Å². The van der Waals surface area contributed by atoms with E-state index in [2.05, 4.69) is 25.2 Å². The van der Waals surface area contributed by atoms with Gasteiger partial charge in [0.15, 0.2) is 18.7 Å². The Labute approximate surface area is 77.8 Å². The summed E-state index contributed by atoms with van der Waals surface area (Å²) >= 11 is 0. The first-order valence-corrected chi connectivity index (χ1v) is 3.78. The van der Waals surface area contributed by atoms with Gasteiger partial charge in [0.1, 0.15) is 6.20 Å². The molecule has 68 valence electrons. The van der Waals surface area contributed by atoms with E-state index in [4.69, 9.17) is 10.5 Å². The number of aliphatic imine (C=N–C) groups is 1. The lowest BCUT2D eigenvalue weighted by molar-refractivity contribution is -0.753. The second kappa shape index (κ2) is 5.76. The predicted octanol–water partition coefficient (Wildman–Crippen LogP) is 0.504. The first-order valence-electron chi connectivity index (χ1n) is 3.78.